The molecule has 0 atom stereocenters. The highest BCUT2D eigenvalue weighted by atomic mass is 32.1. The van der Waals surface area contributed by atoms with E-state index in [-0.39, 0.29) is 12.2 Å². The van der Waals surface area contributed by atoms with E-state index in [1.54, 1.807) is 23.6 Å². The van der Waals surface area contributed by atoms with Crippen LogP contribution in [-0.4, -0.2) is 15.9 Å². The van der Waals surface area contributed by atoms with Crippen LogP contribution in [0.1, 0.15) is 21.7 Å². The summed E-state index contributed by atoms with van der Waals surface area (Å²) in [5, 5.41) is 1.80. The van der Waals surface area contributed by atoms with Crippen LogP contribution >= 0.6 is 11.3 Å². The number of aryl methyl sites for hydroxylation is 1. The zero-order valence-corrected chi connectivity index (χ0v) is 12.1. The van der Waals surface area contributed by atoms with E-state index in [1.807, 2.05) is 19.1 Å². The van der Waals surface area contributed by atoms with Crippen LogP contribution in [0, 0.1) is 6.92 Å². The number of H-pyrrole nitrogens is 1. The normalized spacial score (nSPS) is 10.7. The maximum absolute atomic E-state index is 12.0. The number of esters is 1. The van der Waals surface area contributed by atoms with Gasteiger partial charge < -0.3 is 9.72 Å². The molecule has 5 nitrogen and oxygen atoms in total. The van der Waals surface area contributed by atoms with E-state index in [1.165, 1.54) is 11.3 Å². The summed E-state index contributed by atoms with van der Waals surface area (Å²) in [5.74, 6) is -0.0889. The Bertz CT molecular complexity index is 866. The Morgan fingerprint density at radius 3 is 2.95 bits per heavy atom. The predicted octanol–water partition coefficient (Wildman–Crippen LogP) is 2.65. The molecule has 6 heteroatoms. The Kier molecular flexibility index (Phi) is 3.53. The summed E-state index contributed by atoms with van der Waals surface area (Å²) < 4.78 is 5.78. The van der Waals surface area contributed by atoms with Crippen molar-refractivity contribution in [1.82, 2.24) is 9.97 Å². The molecule has 0 aliphatic heterocycles. The standard InChI is InChI=1S/C15H12N2O3S/c1-9-4-2-3-5-10(9)15(19)20-8-12-16-11-6-7-21-13(11)14(18)17-12/h2-7H,8H2,1H3,(H,16,17,18). The minimum absolute atomic E-state index is 0.0613. The Balaban J connectivity index is 1.79. The van der Waals surface area contributed by atoms with E-state index < -0.39 is 5.97 Å². The molecule has 21 heavy (non-hydrogen) atoms. The molecule has 0 saturated heterocycles. The van der Waals surface area contributed by atoms with Gasteiger partial charge in [-0.2, -0.15) is 0 Å². The van der Waals surface area contributed by atoms with Gasteiger partial charge in [0.05, 0.1) is 11.1 Å². The molecule has 0 fully saturated rings. The van der Waals surface area contributed by atoms with Gasteiger partial charge >= 0.3 is 5.97 Å². The van der Waals surface area contributed by atoms with Gasteiger partial charge in [-0.15, -0.1) is 11.3 Å². The topological polar surface area (TPSA) is 72.0 Å². The van der Waals surface area contributed by atoms with Gasteiger partial charge in [0, 0.05) is 0 Å². The van der Waals surface area contributed by atoms with E-state index in [0.29, 0.717) is 21.6 Å². The van der Waals surface area contributed by atoms with Gasteiger partial charge in [-0.25, -0.2) is 9.78 Å². The maximum atomic E-state index is 12.0. The van der Waals surface area contributed by atoms with Crippen LogP contribution in [0.3, 0.4) is 0 Å². The lowest BCUT2D eigenvalue weighted by Gasteiger charge is -2.06. The van der Waals surface area contributed by atoms with Crippen LogP contribution in [-0.2, 0) is 11.3 Å². The number of carbonyl (C=O) groups is 1. The molecule has 0 unspecified atom stereocenters. The Labute approximate surface area is 124 Å². The summed E-state index contributed by atoms with van der Waals surface area (Å²) in [4.78, 5) is 30.7. The number of nitrogens with zero attached hydrogens (tertiary/aromatic N) is 1. The van der Waals surface area contributed by atoms with Crippen molar-refractivity contribution >= 4 is 27.5 Å². The SMILES string of the molecule is Cc1ccccc1C(=O)OCc1nc2ccsc2c(=O)[nH]1. The van der Waals surface area contributed by atoms with Crippen LogP contribution in [0.4, 0.5) is 0 Å². The van der Waals surface area contributed by atoms with Gasteiger partial charge in [-0.05, 0) is 30.0 Å². The fourth-order valence-corrected chi connectivity index (χ4v) is 2.73. The number of carbonyl (C=O) groups excluding carboxylic acids is 1. The summed E-state index contributed by atoms with van der Waals surface area (Å²) >= 11 is 1.33. The molecule has 1 aromatic carbocycles. The third-order valence-electron chi connectivity index (χ3n) is 3.07. The van der Waals surface area contributed by atoms with Crippen molar-refractivity contribution in [2.75, 3.05) is 0 Å². The molecule has 0 amide bonds. The fraction of sp³-hybridized carbons (Fsp3) is 0.133. The number of aromatic amines is 1. The molecule has 0 aliphatic rings. The Morgan fingerprint density at radius 1 is 1.33 bits per heavy atom. The smallest absolute Gasteiger partial charge is 0.338 e. The minimum atomic E-state index is -0.429. The first-order valence-corrected chi connectivity index (χ1v) is 7.22. The maximum Gasteiger partial charge on any atom is 0.338 e. The molecule has 3 aromatic rings. The lowest BCUT2D eigenvalue weighted by molar-refractivity contribution is 0.0461. The van der Waals surface area contributed by atoms with Crippen LogP contribution in [0.5, 0.6) is 0 Å². The van der Waals surface area contributed by atoms with Crippen molar-refractivity contribution in [2.24, 2.45) is 0 Å². The predicted molar refractivity (Wildman–Crippen MR) is 80.5 cm³/mol. The monoisotopic (exact) mass is 300 g/mol. The molecule has 2 aromatic heterocycles. The highest BCUT2D eigenvalue weighted by Gasteiger charge is 2.11. The lowest BCUT2D eigenvalue weighted by Crippen LogP contribution is -2.14. The van der Waals surface area contributed by atoms with Crippen LogP contribution < -0.4 is 5.56 Å². The van der Waals surface area contributed by atoms with Crippen molar-refractivity contribution in [1.29, 1.82) is 0 Å². The number of hydrogen-bond donors (Lipinski definition) is 1. The number of nitrogens with one attached hydrogen (secondary N) is 1. The van der Waals surface area contributed by atoms with E-state index in [9.17, 15) is 9.59 Å². The van der Waals surface area contributed by atoms with Crippen molar-refractivity contribution in [3.63, 3.8) is 0 Å². The zero-order valence-electron chi connectivity index (χ0n) is 11.3. The van der Waals surface area contributed by atoms with E-state index >= 15 is 0 Å². The first kappa shape index (κ1) is 13.5. The first-order valence-electron chi connectivity index (χ1n) is 6.34. The number of ether oxygens (including phenoxy) is 1. The molecule has 0 bridgehead atoms. The van der Waals surface area contributed by atoms with Gasteiger partial charge in [-0.3, -0.25) is 4.79 Å². The molecular weight excluding hydrogens is 288 g/mol. The second kappa shape index (κ2) is 5.49. The van der Waals surface area contributed by atoms with E-state index in [0.717, 1.165) is 5.56 Å². The van der Waals surface area contributed by atoms with E-state index in [2.05, 4.69) is 9.97 Å². The Hall–Kier alpha value is -2.47. The number of fused-ring (bicyclic) bond motifs is 1. The van der Waals surface area contributed by atoms with Crippen molar-refractivity contribution < 1.29 is 9.53 Å². The van der Waals surface area contributed by atoms with Gasteiger partial charge in [0.15, 0.2) is 0 Å². The molecule has 0 aliphatic carbocycles. The molecule has 106 valence electrons. The van der Waals surface area contributed by atoms with Crippen molar-refractivity contribution in [3.8, 4) is 0 Å². The Morgan fingerprint density at radius 2 is 2.14 bits per heavy atom. The highest BCUT2D eigenvalue weighted by molar-refractivity contribution is 7.17. The average Bonchev–Trinajstić information content (AvgIpc) is 2.94. The number of thiophene rings is 1. The van der Waals surface area contributed by atoms with Gasteiger partial charge in [-0.1, -0.05) is 18.2 Å². The highest BCUT2D eigenvalue weighted by Crippen LogP contribution is 2.14. The van der Waals surface area contributed by atoms with Gasteiger partial charge in [0.25, 0.3) is 5.56 Å². The van der Waals surface area contributed by atoms with Gasteiger partial charge in [0.2, 0.25) is 0 Å². The third kappa shape index (κ3) is 2.71. The summed E-state index contributed by atoms with van der Waals surface area (Å²) in [6, 6.07) is 8.95. The fourth-order valence-electron chi connectivity index (χ4n) is 2.00. The molecule has 0 radical (unpaired) electrons. The number of rotatable bonds is 3. The van der Waals surface area contributed by atoms with Crippen molar-refractivity contribution in [2.45, 2.75) is 13.5 Å². The minimum Gasteiger partial charge on any atom is -0.454 e. The largest absolute Gasteiger partial charge is 0.454 e. The van der Waals surface area contributed by atoms with Crippen LogP contribution in [0.15, 0.2) is 40.5 Å². The summed E-state index contributed by atoms with van der Waals surface area (Å²) in [7, 11) is 0. The number of aromatic nitrogens is 2. The molecular formula is C15H12N2O3S. The van der Waals surface area contributed by atoms with Crippen LogP contribution in [0.25, 0.3) is 10.2 Å². The second-order valence-electron chi connectivity index (χ2n) is 4.54. The first-order chi connectivity index (χ1) is 10.1. The van der Waals surface area contributed by atoms with Gasteiger partial charge in [0.1, 0.15) is 17.1 Å². The second-order valence-corrected chi connectivity index (χ2v) is 5.45. The lowest BCUT2D eigenvalue weighted by atomic mass is 10.1. The summed E-state index contributed by atoms with van der Waals surface area (Å²) in [6.07, 6.45) is 0. The zero-order chi connectivity index (χ0) is 14.8. The molecule has 0 saturated carbocycles. The summed E-state index contributed by atoms with van der Waals surface area (Å²) in [5.41, 5.74) is 1.76. The van der Waals surface area contributed by atoms with E-state index in [4.69, 9.17) is 4.74 Å². The average molecular weight is 300 g/mol. The molecule has 0 spiro atoms. The number of benzene rings is 1. The summed E-state index contributed by atoms with van der Waals surface area (Å²) in [6.45, 7) is 1.78. The molecule has 3 rings (SSSR count). The van der Waals surface area contributed by atoms with Crippen LogP contribution in [0.2, 0.25) is 0 Å². The molecule has 1 N–H and O–H groups in total. The molecule has 2 heterocycles. The third-order valence-corrected chi connectivity index (χ3v) is 3.97. The number of hydrogen-bond acceptors (Lipinski definition) is 5. The quantitative estimate of drug-likeness (QED) is 0.755. The van der Waals surface area contributed by atoms with Crippen molar-refractivity contribution in [3.05, 3.63) is 63.0 Å².